The molecule has 0 saturated carbocycles. The van der Waals surface area contributed by atoms with Gasteiger partial charge in [-0.05, 0) is 83.5 Å². The molecule has 0 radical (unpaired) electrons. The number of hydrogen-bond acceptors (Lipinski definition) is 9. The van der Waals surface area contributed by atoms with Gasteiger partial charge >= 0.3 is 5.97 Å². The van der Waals surface area contributed by atoms with Crippen molar-refractivity contribution < 1.29 is 44.2 Å². The van der Waals surface area contributed by atoms with Crippen LogP contribution < -0.4 is 0 Å². The van der Waals surface area contributed by atoms with Crippen LogP contribution in [-0.4, -0.2) is 89.6 Å². The molecule has 0 aromatic heterocycles. The summed E-state index contributed by atoms with van der Waals surface area (Å²) in [5, 5.41) is 40.1. The van der Waals surface area contributed by atoms with E-state index in [0.29, 0.717) is 6.61 Å². The number of esters is 1. The van der Waals surface area contributed by atoms with Crippen LogP contribution in [0.4, 0.5) is 0 Å². The second-order valence-corrected chi connectivity index (χ2v) is 15.1. The fourth-order valence-corrected chi connectivity index (χ4v) is 6.24. The van der Waals surface area contributed by atoms with Crippen LogP contribution in [0.2, 0.25) is 0 Å². The summed E-state index contributed by atoms with van der Waals surface area (Å²) in [7, 11) is 0. The van der Waals surface area contributed by atoms with Gasteiger partial charge in [-0.3, -0.25) is 4.79 Å². The standard InChI is InChI=1S/C49H82O9/c1-3-5-7-9-11-13-15-17-18-19-20-21-22-23-24-25-26-27-28-30-32-34-36-38-45(51)57-43(42-56-49-48(54)47(53)46(52)44(40-50)58-49)41-55-39-37-35-33-31-29-16-14-12-10-8-6-4-2/h5,7,10-13,17-18,20-21,23-24,26-27,43-44,46-50,52-54H,3-4,6,8-9,14-16,19,22,25,28-42H2,1-2H3/b7-5-,12-10-,13-11-,18-17-,21-20-,24-23-,27-26-. The first-order chi connectivity index (χ1) is 28.4. The maximum atomic E-state index is 12.8. The van der Waals surface area contributed by atoms with Gasteiger partial charge in [0.1, 0.15) is 30.5 Å². The Morgan fingerprint density at radius 3 is 1.60 bits per heavy atom. The molecule has 4 N–H and O–H groups in total. The fraction of sp³-hybridized carbons (Fsp3) is 0.694. The molecule has 58 heavy (non-hydrogen) atoms. The summed E-state index contributed by atoms with van der Waals surface area (Å²) in [5.41, 5.74) is 0. The quantitative estimate of drug-likeness (QED) is 0.0275. The van der Waals surface area contributed by atoms with E-state index in [4.69, 9.17) is 18.9 Å². The monoisotopic (exact) mass is 815 g/mol. The topological polar surface area (TPSA) is 135 Å². The van der Waals surface area contributed by atoms with Gasteiger partial charge in [0.2, 0.25) is 0 Å². The smallest absolute Gasteiger partial charge is 0.306 e. The van der Waals surface area contributed by atoms with Crippen molar-refractivity contribution in [3.63, 3.8) is 0 Å². The van der Waals surface area contributed by atoms with Gasteiger partial charge in [-0.15, -0.1) is 0 Å². The molecule has 1 aliphatic rings. The molecule has 1 aliphatic heterocycles. The number of rotatable bonds is 37. The second kappa shape index (κ2) is 39.8. The molecule has 0 aromatic rings. The Morgan fingerprint density at radius 2 is 1.05 bits per heavy atom. The van der Waals surface area contributed by atoms with Crippen molar-refractivity contribution in [1.82, 2.24) is 0 Å². The normalized spacial score (nSPS) is 21.1. The SMILES string of the molecule is CC/C=C\C/C=C\C/C=C\C/C=C\C/C=C\C/C=C\CCCCCCC(=O)OC(COCCCCCCCC/C=C\CCCC)COC1OC(CO)C(O)C(O)C1O. The number of carbonyl (C=O) groups is 1. The minimum absolute atomic E-state index is 0.124. The van der Waals surface area contributed by atoms with E-state index in [1.807, 2.05) is 0 Å². The minimum atomic E-state index is -1.55. The molecule has 9 nitrogen and oxygen atoms in total. The highest BCUT2D eigenvalue weighted by Gasteiger charge is 2.44. The summed E-state index contributed by atoms with van der Waals surface area (Å²) >= 11 is 0. The molecule has 6 atom stereocenters. The minimum Gasteiger partial charge on any atom is -0.457 e. The van der Waals surface area contributed by atoms with Crippen molar-refractivity contribution in [3.8, 4) is 0 Å². The third-order valence-corrected chi connectivity index (χ3v) is 9.80. The Labute approximate surface area is 352 Å². The van der Waals surface area contributed by atoms with Gasteiger partial charge in [-0.1, -0.05) is 150 Å². The number of carbonyl (C=O) groups excluding carboxylic acids is 1. The predicted molar refractivity (Wildman–Crippen MR) is 237 cm³/mol. The molecule has 1 fully saturated rings. The van der Waals surface area contributed by atoms with Crippen LogP contribution in [0.1, 0.15) is 155 Å². The summed E-state index contributed by atoms with van der Waals surface area (Å²) in [6.07, 6.45) is 46.1. The molecule has 1 rings (SSSR count). The number of allylic oxidation sites excluding steroid dienone is 14. The molecule has 0 aliphatic carbocycles. The molecule has 0 bridgehead atoms. The van der Waals surface area contributed by atoms with Crippen molar-refractivity contribution in [2.24, 2.45) is 0 Å². The summed E-state index contributed by atoms with van der Waals surface area (Å²) < 4.78 is 22.8. The average molecular weight is 815 g/mol. The molecule has 9 heteroatoms. The lowest BCUT2D eigenvalue weighted by atomic mass is 9.99. The molecule has 1 heterocycles. The largest absolute Gasteiger partial charge is 0.457 e. The van der Waals surface area contributed by atoms with Crippen molar-refractivity contribution in [3.05, 3.63) is 85.1 Å². The first-order valence-corrected chi connectivity index (χ1v) is 22.7. The van der Waals surface area contributed by atoms with E-state index in [9.17, 15) is 25.2 Å². The lowest BCUT2D eigenvalue weighted by Crippen LogP contribution is -2.59. The molecule has 0 amide bonds. The predicted octanol–water partition coefficient (Wildman–Crippen LogP) is 10.2. The number of ether oxygens (including phenoxy) is 4. The summed E-state index contributed by atoms with van der Waals surface area (Å²) in [4.78, 5) is 12.8. The molecular weight excluding hydrogens is 733 g/mol. The number of hydrogen-bond donors (Lipinski definition) is 4. The van der Waals surface area contributed by atoms with Gasteiger partial charge < -0.3 is 39.4 Å². The van der Waals surface area contributed by atoms with Crippen LogP contribution in [0, 0.1) is 0 Å². The van der Waals surface area contributed by atoms with E-state index in [2.05, 4.69) is 98.9 Å². The Morgan fingerprint density at radius 1 is 0.569 bits per heavy atom. The van der Waals surface area contributed by atoms with E-state index < -0.39 is 43.4 Å². The molecule has 0 spiro atoms. The zero-order chi connectivity index (χ0) is 42.2. The molecule has 1 saturated heterocycles. The van der Waals surface area contributed by atoms with Crippen molar-refractivity contribution in [2.75, 3.05) is 26.4 Å². The van der Waals surface area contributed by atoms with Crippen LogP contribution >= 0.6 is 0 Å². The van der Waals surface area contributed by atoms with Gasteiger partial charge in [-0.2, -0.15) is 0 Å². The van der Waals surface area contributed by atoms with Gasteiger partial charge in [0.05, 0.1) is 19.8 Å². The van der Waals surface area contributed by atoms with Gasteiger partial charge in [0, 0.05) is 13.0 Å². The number of aliphatic hydroxyl groups is 4. The van der Waals surface area contributed by atoms with E-state index in [0.717, 1.165) is 96.3 Å². The van der Waals surface area contributed by atoms with Gasteiger partial charge in [-0.25, -0.2) is 0 Å². The number of aliphatic hydroxyl groups excluding tert-OH is 4. The van der Waals surface area contributed by atoms with Crippen LogP contribution in [0.15, 0.2) is 85.1 Å². The van der Waals surface area contributed by atoms with E-state index in [-0.39, 0.29) is 25.6 Å². The number of unbranched alkanes of at least 4 members (excludes halogenated alkanes) is 12. The molecular formula is C49H82O9. The first-order valence-electron chi connectivity index (χ1n) is 22.7. The fourth-order valence-electron chi connectivity index (χ4n) is 6.24. The highest BCUT2D eigenvalue weighted by molar-refractivity contribution is 5.69. The zero-order valence-corrected chi connectivity index (χ0v) is 36.3. The van der Waals surface area contributed by atoms with E-state index >= 15 is 0 Å². The molecule has 332 valence electrons. The average Bonchev–Trinajstić information content (AvgIpc) is 3.22. The van der Waals surface area contributed by atoms with E-state index in [1.165, 1.54) is 38.5 Å². The summed E-state index contributed by atoms with van der Waals surface area (Å²) in [6.45, 7) is 4.34. The highest BCUT2D eigenvalue weighted by atomic mass is 16.7. The maximum absolute atomic E-state index is 12.8. The lowest BCUT2D eigenvalue weighted by molar-refractivity contribution is -0.305. The molecule has 0 aromatic carbocycles. The Bertz CT molecular complexity index is 1150. The highest BCUT2D eigenvalue weighted by Crippen LogP contribution is 2.22. The first kappa shape index (κ1) is 53.4. The zero-order valence-electron chi connectivity index (χ0n) is 36.3. The second-order valence-electron chi connectivity index (χ2n) is 15.1. The summed E-state index contributed by atoms with van der Waals surface area (Å²) in [5.74, 6) is -0.344. The van der Waals surface area contributed by atoms with Gasteiger partial charge in [0.25, 0.3) is 0 Å². The van der Waals surface area contributed by atoms with Gasteiger partial charge in [0.15, 0.2) is 6.29 Å². The third kappa shape index (κ3) is 30.4. The molecule has 6 unspecified atom stereocenters. The van der Waals surface area contributed by atoms with E-state index in [1.54, 1.807) is 0 Å². The van der Waals surface area contributed by atoms with Crippen molar-refractivity contribution in [2.45, 2.75) is 192 Å². The lowest BCUT2D eigenvalue weighted by Gasteiger charge is -2.39. The Hall–Kier alpha value is -2.63. The van der Waals surface area contributed by atoms with Crippen LogP contribution in [-0.2, 0) is 23.7 Å². The summed E-state index contributed by atoms with van der Waals surface area (Å²) in [6, 6.07) is 0. The van der Waals surface area contributed by atoms with Crippen molar-refractivity contribution in [1.29, 1.82) is 0 Å². The van der Waals surface area contributed by atoms with Crippen LogP contribution in [0.25, 0.3) is 0 Å². The van der Waals surface area contributed by atoms with Crippen molar-refractivity contribution >= 4 is 5.97 Å². The Balaban J connectivity index is 2.28. The van der Waals surface area contributed by atoms with Crippen LogP contribution in [0.3, 0.4) is 0 Å². The Kier molecular flexibility index (Phi) is 36.6. The third-order valence-electron chi connectivity index (χ3n) is 9.80. The maximum Gasteiger partial charge on any atom is 0.306 e. The van der Waals surface area contributed by atoms with Crippen LogP contribution in [0.5, 0.6) is 0 Å².